The first-order valence-electron chi connectivity index (χ1n) is 9.63. The average molecular weight is 391 g/mol. The monoisotopic (exact) mass is 391 g/mol. The molecule has 3 rings (SSSR count). The van der Waals surface area contributed by atoms with Crippen molar-refractivity contribution in [3.63, 3.8) is 0 Å². The number of carbonyl (C=O) groups excluding carboxylic acids is 1. The zero-order valence-electron chi connectivity index (χ0n) is 16.8. The summed E-state index contributed by atoms with van der Waals surface area (Å²) in [5.74, 6) is -0.275. The highest BCUT2D eigenvalue weighted by molar-refractivity contribution is 5.78. The van der Waals surface area contributed by atoms with E-state index in [0.717, 1.165) is 17.6 Å². The van der Waals surface area contributed by atoms with Crippen LogP contribution < -0.4 is 11.1 Å². The minimum absolute atomic E-state index is 0.222. The van der Waals surface area contributed by atoms with E-state index in [1.165, 1.54) is 28.8 Å². The van der Waals surface area contributed by atoms with Crippen LogP contribution in [0.5, 0.6) is 0 Å². The maximum absolute atomic E-state index is 13.0. The number of amides is 2. The fraction of sp³-hybridized carbons (Fsp3) is 0.208. The topological polar surface area (TPSA) is 58.4 Å². The van der Waals surface area contributed by atoms with Crippen LogP contribution in [0.2, 0.25) is 0 Å². The van der Waals surface area contributed by atoms with Gasteiger partial charge in [0.15, 0.2) is 0 Å². The fourth-order valence-corrected chi connectivity index (χ4v) is 3.22. The van der Waals surface area contributed by atoms with E-state index in [2.05, 4.69) is 37.0 Å². The van der Waals surface area contributed by atoms with Gasteiger partial charge in [-0.2, -0.15) is 0 Å². The van der Waals surface area contributed by atoms with Crippen LogP contribution in [-0.4, -0.2) is 10.9 Å². The number of nitrogens with one attached hydrogen (secondary N) is 1. The van der Waals surface area contributed by atoms with E-state index in [1.54, 1.807) is 23.1 Å². The molecule has 0 radical (unpaired) electrons. The van der Waals surface area contributed by atoms with Gasteiger partial charge in [0.2, 0.25) is 0 Å². The Hall–Kier alpha value is -3.34. The molecule has 0 spiro atoms. The number of aryl methyl sites for hydroxylation is 1. The van der Waals surface area contributed by atoms with Crippen LogP contribution in [0, 0.1) is 5.82 Å². The van der Waals surface area contributed by atoms with Gasteiger partial charge in [-0.25, -0.2) is 9.18 Å². The van der Waals surface area contributed by atoms with Crippen LogP contribution in [0.3, 0.4) is 0 Å². The molecule has 1 heterocycles. The van der Waals surface area contributed by atoms with Gasteiger partial charge in [0.25, 0.3) is 0 Å². The van der Waals surface area contributed by atoms with Gasteiger partial charge in [-0.15, -0.1) is 0 Å². The van der Waals surface area contributed by atoms with Crippen LogP contribution in [-0.2, 0) is 19.5 Å². The van der Waals surface area contributed by atoms with Crippen LogP contribution in [0.25, 0.3) is 5.57 Å². The highest BCUT2D eigenvalue weighted by atomic mass is 19.1. The molecule has 0 saturated carbocycles. The van der Waals surface area contributed by atoms with Gasteiger partial charge < -0.3 is 16.0 Å². The lowest BCUT2D eigenvalue weighted by Gasteiger charge is -2.17. The fourth-order valence-electron chi connectivity index (χ4n) is 3.22. The first-order valence-corrected chi connectivity index (χ1v) is 9.63. The Labute approximate surface area is 171 Å². The van der Waals surface area contributed by atoms with Crippen LogP contribution in [0.1, 0.15) is 36.1 Å². The predicted molar refractivity (Wildman–Crippen MR) is 115 cm³/mol. The van der Waals surface area contributed by atoms with Gasteiger partial charge in [-0.05, 0) is 59.4 Å². The lowest BCUT2D eigenvalue weighted by atomic mass is 10.1. The highest BCUT2D eigenvalue weighted by Crippen LogP contribution is 2.24. The summed E-state index contributed by atoms with van der Waals surface area (Å²) in [4.78, 5) is 14.3. The van der Waals surface area contributed by atoms with E-state index >= 15 is 0 Å². The highest BCUT2D eigenvalue weighted by Gasteiger charge is 2.23. The molecule has 2 amide bonds. The summed E-state index contributed by atoms with van der Waals surface area (Å²) < 4.78 is 13.0. The van der Waals surface area contributed by atoms with Gasteiger partial charge in [0.05, 0.1) is 11.4 Å². The van der Waals surface area contributed by atoms with Crippen LogP contribution in [0.15, 0.2) is 72.6 Å². The Morgan fingerprint density at radius 1 is 1.17 bits per heavy atom. The second-order valence-corrected chi connectivity index (χ2v) is 7.20. The Kier molecular flexibility index (Phi) is 6.17. The number of nitrogens with two attached hydrogens (primary N) is 1. The molecule has 0 saturated heterocycles. The van der Waals surface area contributed by atoms with Crippen molar-refractivity contribution in [2.75, 3.05) is 0 Å². The van der Waals surface area contributed by atoms with Gasteiger partial charge in [0.1, 0.15) is 5.82 Å². The zero-order chi connectivity index (χ0) is 21.0. The number of benzene rings is 2. The molecular weight excluding hydrogens is 365 g/mol. The molecule has 0 aromatic heterocycles. The Balaban J connectivity index is 1.60. The summed E-state index contributed by atoms with van der Waals surface area (Å²) in [5.41, 5.74) is 12.2. The van der Waals surface area contributed by atoms with Gasteiger partial charge in [0, 0.05) is 13.1 Å². The molecule has 29 heavy (non-hydrogen) atoms. The molecule has 0 atom stereocenters. The molecule has 2 aromatic carbocycles. The number of halogens is 1. The van der Waals surface area contributed by atoms with E-state index in [4.69, 9.17) is 5.73 Å². The largest absolute Gasteiger partial charge is 0.397 e. The zero-order valence-corrected chi connectivity index (χ0v) is 16.8. The number of allylic oxidation sites excluding steroid dienone is 3. The van der Waals surface area contributed by atoms with Crippen molar-refractivity contribution >= 4 is 11.6 Å². The third-order valence-electron chi connectivity index (χ3n) is 5.11. The second-order valence-electron chi connectivity index (χ2n) is 7.20. The van der Waals surface area contributed by atoms with Crippen LogP contribution >= 0.6 is 0 Å². The van der Waals surface area contributed by atoms with Crippen molar-refractivity contribution in [2.45, 2.75) is 33.4 Å². The summed E-state index contributed by atoms with van der Waals surface area (Å²) >= 11 is 0. The number of nitrogens with zero attached hydrogens (tertiary/aromatic N) is 1. The van der Waals surface area contributed by atoms with Gasteiger partial charge in [-0.3, -0.25) is 0 Å². The van der Waals surface area contributed by atoms with Crippen molar-refractivity contribution in [3.8, 4) is 0 Å². The number of fused-ring (bicyclic) bond motifs is 1. The van der Waals surface area contributed by atoms with E-state index in [1.807, 2.05) is 13.0 Å². The minimum Gasteiger partial charge on any atom is -0.397 e. The number of hydrogen-bond acceptors (Lipinski definition) is 2. The summed E-state index contributed by atoms with van der Waals surface area (Å²) in [6.07, 6.45) is 4.48. The smallest absolute Gasteiger partial charge is 0.322 e. The molecular formula is C24H26FN3O. The Bertz CT molecular complexity index is 990. The number of rotatable bonds is 5. The third kappa shape index (κ3) is 4.93. The normalized spacial score (nSPS) is 14.0. The molecule has 1 aliphatic rings. The SMILES string of the molecule is C=C(NC(=O)N1Cc2ccc(CC)cc2C1)/C(N)=C\C=C(/C)c1ccc(F)cc1. The molecule has 2 aromatic rings. The van der Waals surface area contributed by atoms with E-state index in [0.29, 0.717) is 24.5 Å². The molecule has 0 bridgehead atoms. The quantitative estimate of drug-likeness (QED) is 0.714. The first-order chi connectivity index (χ1) is 13.9. The summed E-state index contributed by atoms with van der Waals surface area (Å²) in [6, 6.07) is 12.4. The van der Waals surface area contributed by atoms with Crippen LogP contribution in [0.4, 0.5) is 9.18 Å². The maximum atomic E-state index is 13.0. The summed E-state index contributed by atoms with van der Waals surface area (Å²) in [7, 11) is 0. The lowest BCUT2D eigenvalue weighted by Crippen LogP contribution is -2.36. The average Bonchev–Trinajstić information content (AvgIpc) is 3.15. The second kappa shape index (κ2) is 8.78. The number of urea groups is 1. The number of hydrogen-bond donors (Lipinski definition) is 2. The van der Waals surface area contributed by atoms with E-state index < -0.39 is 0 Å². The molecule has 4 nitrogen and oxygen atoms in total. The Morgan fingerprint density at radius 2 is 1.86 bits per heavy atom. The van der Waals surface area contributed by atoms with Crippen molar-refractivity contribution in [2.24, 2.45) is 5.73 Å². The molecule has 1 aliphatic heterocycles. The molecule has 150 valence electrons. The maximum Gasteiger partial charge on any atom is 0.322 e. The molecule has 3 N–H and O–H groups in total. The van der Waals surface area contributed by atoms with Crippen molar-refractivity contribution in [3.05, 3.63) is 101 Å². The summed E-state index contributed by atoms with van der Waals surface area (Å²) in [6.45, 7) is 9.05. The molecule has 0 unspecified atom stereocenters. The molecule has 0 aliphatic carbocycles. The third-order valence-corrected chi connectivity index (χ3v) is 5.11. The number of carbonyl (C=O) groups is 1. The molecule has 0 fully saturated rings. The van der Waals surface area contributed by atoms with Crippen molar-refractivity contribution in [1.29, 1.82) is 0 Å². The van der Waals surface area contributed by atoms with Gasteiger partial charge in [-0.1, -0.05) is 49.9 Å². The standard InChI is InChI=1S/C24H26FN3O/c1-4-18-6-7-20-14-28(15-21(20)13-18)24(29)27-17(3)23(26)12-5-16(2)19-8-10-22(25)11-9-19/h5-13H,3-4,14-15,26H2,1-2H3,(H,27,29)/b16-5+,23-12+. The van der Waals surface area contributed by atoms with Crippen molar-refractivity contribution in [1.82, 2.24) is 10.2 Å². The summed E-state index contributed by atoms with van der Waals surface area (Å²) in [5, 5.41) is 2.78. The minimum atomic E-state index is -0.275. The molecule has 5 heteroatoms. The van der Waals surface area contributed by atoms with E-state index in [9.17, 15) is 9.18 Å². The van der Waals surface area contributed by atoms with Gasteiger partial charge >= 0.3 is 6.03 Å². The predicted octanol–water partition coefficient (Wildman–Crippen LogP) is 4.87. The first kappa shape index (κ1) is 20.4. The van der Waals surface area contributed by atoms with E-state index in [-0.39, 0.29) is 11.8 Å². The Morgan fingerprint density at radius 3 is 2.55 bits per heavy atom. The lowest BCUT2D eigenvalue weighted by molar-refractivity contribution is 0.201. The van der Waals surface area contributed by atoms with Crippen molar-refractivity contribution < 1.29 is 9.18 Å².